The summed E-state index contributed by atoms with van der Waals surface area (Å²) < 4.78 is 4.87. The van der Waals surface area contributed by atoms with Gasteiger partial charge in [-0.3, -0.25) is 4.79 Å². The first-order valence-corrected chi connectivity index (χ1v) is 10.1. The number of rotatable bonds is 4. The third kappa shape index (κ3) is 3.76. The van der Waals surface area contributed by atoms with Gasteiger partial charge in [0, 0.05) is 12.6 Å². The number of carbonyl (C=O) groups is 2. The Kier molecular flexibility index (Phi) is 5.64. The Labute approximate surface area is 163 Å². The van der Waals surface area contributed by atoms with E-state index in [9.17, 15) is 9.59 Å². The van der Waals surface area contributed by atoms with Gasteiger partial charge >= 0.3 is 5.97 Å². The molecule has 1 amide bonds. The molecule has 146 valence electrons. The molecule has 0 spiro atoms. The van der Waals surface area contributed by atoms with Crippen molar-refractivity contribution in [3.05, 3.63) is 16.3 Å². The second-order valence-electron chi connectivity index (χ2n) is 7.09. The number of ether oxygens (including phenoxy) is 1. The molecule has 2 unspecified atom stereocenters. The second-order valence-corrected chi connectivity index (χ2v) is 8.09. The molecule has 1 aliphatic rings. The van der Waals surface area contributed by atoms with Gasteiger partial charge in [0.15, 0.2) is 0 Å². The number of esters is 1. The fourth-order valence-electron chi connectivity index (χ4n) is 3.58. The summed E-state index contributed by atoms with van der Waals surface area (Å²) in [5.74, 6) is 0.874. The van der Waals surface area contributed by atoms with Crippen LogP contribution in [0, 0.1) is 13.8 Å². The van der Waals surface area contributed by atoms with E-state index in [0.717, 1.165) is 30.3 Å². The Morgan fingerprint density at radius 3 is 2.70 bits per heavy atom. The van der Waals surface area contributed by atoms with Crippen molar-refractivity contribution < 1.29 is 14.3 Å². The highest BCUT2D eigenvalue weighted by atomic mass is 32.1. The molecule has 1 fully saturated rings. The zero-order chi connectivity index (χ0) is 19.7. The van der Waals surface area contributed by atoms with Gasteiger partial charge in [0.25, 0.3) is 0 Å². The van der Waals surface area contributed by atoms with Gasteiger partial charge in [0.05, 0.1) is 12.5 Å². The number of fused-ring (bicyclic) bond motifs is 1. The molecule has 2 atom stereocenters. The molecule has 3 rings (SSSR count). The first-order chi connectivity index (χ1) is 12.8. The monoisotopic (exact) mass is 390 g/mol. The van der Waals surface area contributed by atoms with Crippen molar-refractivity contribution in [3.8, 4) is 0 Å². The minimum atomic E-state index is -0.413. The van der Waals surface area contributed by atoms with Crippen molar-refractivity contribution >= 4 is 39.2 Å². The molecule has 0 aliphatic carbocycles. The van der Waals surface area contributed by atoms with E-state index < -0.39 is 6.04 Å². The van der Waals surface area contributed by atoms with E-state index >= 15 is 0 Å². The van der Waals surface area contributed by atoms with Crippen LogP contribution in [0.1, 0.15) is 54.2 Å². The SMILES string of the molecule is COC(=O)c1sc2nc(C)nc(NC(C)C(=O)N3CCCCC3C)c2c1C. The number of hydrogen-bond acceptors (Lipinski definition) is 7. The molecule has 0 saturated carbocycles. The lowest BCUT2D eigenvalue weighted by Gasteiger charge is -2.35. The van der Waals surface area contributed by atoms with E-state index in [0.29, 0.717) is 21.3 Å². The predicted octanol–water partition coefficient (Wildman–Crippen LogP) is 3.30. The first-order valence-electron chi connectivity index (χ1n) is 9.26. The van der Waals surface area contributed by atoms with Crippen LogP contribution in [0.5, 0.6) is 0 Å². The molecule has 0 bridgehead atoms. The van der Waals surface area contributed by atoms with Crippen molar-refractivity contribution in [1.29, 1.82) is 0 Å². The normalized spacial score (nSPS) is 18.4. The average molecular weight is 391 g/mol. The van der Waals surface area contributed by atoms with E-state index in [1.165, 1.54) is 24.9 Å². The molecule has 0 radical (unpaired) electrons. The highest BCUT2D eigenvalue weighted by molar-refractivity contribution is 7.20. The summed E-state index contributed by atoms with van der Waals surface area (Å²) in [6, 6.07) is -0.152. The Balaban J connectivity index is 1.92. The molecule has 2 aromatic heterocycles. The molecule has 2 aromatic rings. The first kappa shape index (κ1) is 19.5. The summed E-state index contributed by atoms with van der Waals surface area (Å²) in [4.78, 5) is 37.1. The number of anilines is 1. The fourth-order valence-corrected chi connectivity index (χ4v) is 4.72. The summed E-state index contributed by atoms with van der Waals surface area (Å²) in [6.45, 7) is 8.41. The van der Waals surface area contributed by atoms with Crippen LogP contribution in [0.15, 0.2) is 0 Å². The highest BCUT2D eigenvalue weighted by Crippen LogP contribution is 2.34. The van der Waals surface area contributed by atoms with E-state index in [1.807, 2.05) is 18.7 Å². The molecule has 0 aromatic carbocycles. The Morgan fingerprint density at radius 2 is 2.04 bits per heavy atom. The van der Waals surface area contributed by atoms with Crippen LogP contribution < -0.4 is 5.32 Å². The predicted molar refractivity (Wildman–Crippen MR) is 106 cm³/mol. The molecule has 1 N–H and O–H groups in total. The minimum Gasteiger partial charge on any atom is -0.465 e. The summed E-state index contributed by atoms with van der Waals surface area (Å²) in [5.41, 5.74) is 0.773. The molecule has 1 saturated heterocycles. The van der Waals surface area contributed by atoms with Crippen LogP contribution in [0.25, 0.3) is 10.2 Å². The van der Waals surface area contributed by atoms with Crippen LogP contribution in [0.4, 0.5) is 5.82 Å². The summed E-state index contributed by atoms with van der Waals surface area (Å²) >= 11 is 1.29. The van der Waals surface area contributed by atoms with Gasteiger partial charge in [-0.2, -0.15) is 0 Å². The van der Waals surface area contributed by atoms with Crippen LogP contribution in [0.2, 0.25) is 0 Å². The zero-order valence-electron chi connectivity index (χ0n) is 16.5. The van der Waals surface area contributed by atoms with Crippen molar-refractivity contribution in [2.75, 3.05) is 19.0 Å². The quantitative estimate of drug-likeness (QED) is 0.807. The number of aryl methyl sites for hydroxylation is 2. The van der Waals surface area contributed by atoms with Gasteiger partial charge in [-0.1, -0.05) is 0 Å². The van der Waals surface area contributed by atoms with Crippen molar-refractivity contribution in [1.82, 2.24) is 14.9 Å². The summed E-state index contributed by atoms with van der Waals surface area (Å²) in [6.07, 6.45) is 3.26. The molecule has 27 heavy (non-hydrogen) atoms. The highest BCUT2D eigenvalue weighted by Gasteiger charge is 2.28. The number of likely N-dealkylation sites (tertiary alicyclic amines) is 1. The number of carbonyl (C=O) groups excluding carboxylic acids is 2. The Hall–Kier alpha value is -2.22. The third-order valence-corrected chi connectivity index (χ3v) is 6.25. The molecule has 3 heterocycles. The van der Waals surface area contributed by atoms with E-state index in [4.69, 9.17) is 4.74 Å². The topological polar surface area (TPSA) is 84.4 Å². The van der Waals surface area contributed by atoms with Crippen molar-refractivity contribution in [3.63, 3.8) is 0 Å². The van der Waals surface area contributed by atoms with Gasteiger partial charge in [0.2, 0.25) is 5.91 Å². The van der Waals surface area contributed by atoms with Gasteiger partial charge in [0.1, 0.15) is 27.4 Å². The molecular weight excluding hydrogens is 364 g/mol. The number of amides is 1. The maximum atomic E-state index is 12.9. The number of methoxy groups -OCH3 is 1. The number of nitrogens with one attached hydrogen (secondary N) is 1. The number of aromatic nitrogens is 2. The fraction of sp³-hybridized carbons (Fsp3) is 0.579. The van der Waals surface area contributed by atoms with E-state index in [1.54, 1.807) is 6.92 Å². The van der Waals surface area contributed by atoms with Gasteiger partial charge < -0.3 is 15.0 Å². The van der Waals surface area contributed by atoms with Gasteiger partial charge in [-0.25, -0.2) is 14.8 Å². The summed E-state index contributed by atoms with van der Waals surface area (Å²) in [5, 5.41) is 4.04. The molecular formula is C19H26N4O3S. The van der Waals surface area contributed by atoms with E-state index in [-0.39, 0.29) is 17.9 Å². The van der Waals surface area contributed by atoms with Crippen molar-refractivity contribution in [2.24, 2.45) is 0 Å². The smallest absolute Gasteiger partial charge is 0.348 e. The average Bonchev–Trinajstić information content (AvgIpc) is 2.97. The number of piperidine rings is 1. The molecule has 8 heteroatoms. The number of nitrogens with zero attached hydrogens (tertiary/aromatic N) is 3. The minimum absolute atomic E-state index is 0.0766. The number of thiophene rings is 1. The lowest BCUT2D eigenvalue weighted by atomic mass is 10.0. The van der Waals surface area contributed by atoms with Crippen LogP contribution >= 0.6 is 11.3 Å². The van der Waals surface area contributed by atoms with Crippen LogP contribution in [0.3, 0.4) is 0 Å². The van der Waals surface area contributed by atoms with Crippen LogP contribution in [-0.2, 0) is 9.53 Å². The lowest BCUT2D eigenvalue weighted by Crippen LogP contribution is -2.48. The standard InChI is InChI=1S/C19H26N4O3S/c1-10-8-6-7-9-23(10)18(24)12(3)20-16-14-11(2)15(19(25)26-5)27-17(14)22-13(4)21-16/h10,12H,6-9H2,1-5H3,(H,20,21,22). The Morgan fingerprint density at radius 1 is 1.30 bits per heavy atom. The largest absolute Gasteiger partial charge is 0.465 e. The van der Waals surface area contributed by atoms with E-state index in [2.05, 4.69) is 22.2 Å². The Bertz CT molecular complexity index is 879. The summed E-state index contributed by atoms with van der Waals surface area (Å²) in [7, 11) is 1.36. The van der Waals surface area contributed by atoms with Gasteiger partial charge in [-0.05, 0) is 52.5 Å². The zero-order valence-corrected chi connectivity index (χ0v) is 17.3. The second kappa shape index (κ2) is 7.80. The molecule has 1 aliphatic heterocycles. The van der Waals surface area contributed by atoms with Gasteiger partial charge in [-0.15, -0.1) is 11.3 Å². The lowest BCUT2D eigenvalue weighted by molar-refractivity contribution is -0.134. The molecule has 7 nitrogen and oxygen atoms in total. The third-order valence-electron chi connectivity index (χ3n) is 5.08. The van der Waals surface area contributed by atoms with Crippen LogP contribution in [-0.4, -0.2) is 52.5 Å². The van der Waals surface area contributed by atoms with Crippen molar-refractivity contribution in [2.45, 2.75) is 59.0 Å². The number of hydrogen-bond donors (Lipinski definition) is 1. The maximum Gasteiger partial charge on any atom is 0.348 e. The maximum absolute atomic E-state index is 12.9.